The van der Waals surface area contributed by atoms with Crippen LogP contribution >= 0.6 is 0 Å². The first-order valence-electron chi connectivity index (χ1n) is 3.77. The molecule has 0 spiro atoms. The lowest BCUT2D eigenvalue weighted by Gasteiger charge is -1.98. The topological polar surface area (TPSA) is 75.7 Å². The highest BCUT2D eigenvalue weighted by molar-refractivity contribution is 7.06. The van der Waals surface area contributed by atoms with Gasteiger partial charge in [0.15, 0.2) is 0 Å². The van der Waals surface area contributed by atoms with Crippen LogP contribution in [0.25, 0.3) is 4.51 Å². The quantitative estimate of drug-likeness (QED) is 0.538. The molecule has 0 aliphatic heterocycles. The number of rotatable bonds is 0. The van der Waals surface area contributed by atoms with Gasteiger partial charge in [-0.05, 0) is 0 Å². The van der Waals surface area contributed by atoms with Crippen LogP contribution in [0.15, 0.2) is 0 Å². The van der Waals surface area contributed by atoms with Crippen LogP contribution in [0.2, 0.25) is 19.6 Å². The smallest absolute Gasteiger partial charge is 0.245 e. The Morgan fingerprint density at radius 1 is 1.00 bits per heavy atom. The Kier molecular flexibility index (Phi) is 3.26. The van der Waals surface area contributed by atoms with Crippen molar-refractivity contribution >= 4 is 14.4 Å². The van der Waals surface area contributed by atoms with E-state index < -0.39 is 14.4 Å². The number of hydrogen-bond acceptors (Lipinski definition) is 3. The van der Waals surface area contributed by atoms with Gasteiger partial charge in [-0.3, -0.25) is 0 Å². The zero-order chi connectivity index (χ0) is 10.5. The molecule has 0 aromatic carbocycles. The van der Waals surface area contributed by atoms with Crippen molar-refractivity contribution in [2.45, 2.75) is 19.6 Å². The number of nitrogens with zero attached hydrogens (tertiary/aromatic N) is 4. The van der Waals surface area contributed by atoms with Gasteiger partial charge in [0.2, 0.25) is 0 Å². The molecule has 0 N–H and O–H groups in total. The fourth-order valence-corrected chi connectivity index (χ4v) is 1.04. The van der Waals surface area contributed by atoms with Gasteiger partial charge in [0, 0.05) is 19.6 Å². The minimum Gasteiger partial charge on any atom is -0.245 e. The first-order valence-corrected chi connectivity index (χ1v) is 7.22. The molecule has 0 rings (SSSR count). The summed E-state index contributed by atoms with van der Waals surface area (Å²) in [6.45, 7) is 5.81. The Hall–Kier alpha value is -1.76. The maximum atomic E-state index is 8.60. The summed E-state index contributed by atoms with van der Waals surface area (Å²) < 4.78 is 3.99. The SMILES string of the molecule is C[Si](C)(C)[N+]#C[B-](C#N)(C#N)C#N. The summed E-state index contributed by atoms with van der Waals surface area (Å²) in [6, 6.07) is 0. The molecule has 64 valence electrons. The molecule has 4 nitrogen and oxygen atoms in total. The lowest BCUT2D eigenvalue weighted by Crippen LogP contribution is -2.28. The van der Waals surface area contributed by atoms with Gasteiger partial charge in [0.1, 0.15) is 0 Å². The van der Waals surface area contributed by atoms with Crippen molar-refractivity contribution in [2.75, 3.05) is 0 Å². The van der Waals surface area contributed by atoms with Crippen LogP contribution in [0.3, 0.4) is 0 Å². The Balaban J connectivity index is 5.09. The van der Waals surface area contributed by atoms with E-state index in [-0.39, 0.29) is 0 Å². The van der Waals surface area contributed by atoms with Crippen LogP contribution in [0.1, 0.15) is 0 Å². The van der Waals surface area contributed by atoms with Gasteiger partial charge in [-0.1, -0.05) is 17.9 Å². The predicted octanol–water partition coefficient (Wildman–Crippen LogP) is 1.33. The van der Waals surface area contributed by atoms with Crippen LogP contribution in [-0.4, -0.2) is 14.4 Å². The molecular formula is C7H9BN4Si. The van der Waals surface area contributed by atoms with Crippen LogP contribution in [0, 0.1) is 39.7 Å². The first-order chi connectivity index (χ1) is 5.89. The Morgan fingerprint density at radius 3 is 1.62 bits per heavy atom. The summed E-state index contributed by atoms with van der Waals surface area (Å²) >= 11 is 0. The van der Waals surface area contributed by atoms with Gasteiger partial charge in [0.25, 0.3) is 0 Å². The summed E-state index contributed by atoms with van der Waals surface area (Å²) in [5.74, 6) is 7.32. The molecule has 0 saturated heterocycles. The summed E-state index contributed by atoms with van der Waals surface area (Å²) in [5, 5.41) is 25.8. The minimum atomic E-state index is -2.49. The Labute approximate surface area is 78.8 Å². The van der Waals surface area contributed by atoms with Crippen molar-refractivity contribution in [3.05, 3.63) is 4.51 Å². The summed E-state index contributed by atoms with van der Waals surface area (Å²) in [6.07, 6.45) is -2.49. The van der Waals surface area contributed by atoms with Crippen LogP contribution < -0.4 is 0 Å². The molecule has 0 bridgehead atoms. The molecule has 0 unspecified atom stereocenters. The maximum absolute atomic E-state index is 8.60. The van der Waals surface area contributed by atoms with E-state index >= 15 is 0 Å². The molecule has 0 radical (unpaired) electrons. The largest absolute Gasteiger partial charge is 0.492 e. The monoisotopic (exact) mass is 188 g/mol. The van der Waals surface area contributed by atoms with Crippen molar-refractivity contribution in [3.63, 3.8) is 0 Å². The molecule has 13 heavy (non-hydrogen) atoms. The van der Waals surface area contributed by atoms with Crippen LogP contribution in [0.5, 0.6) is 0 Å². The average Bonchev–Trinajstić information content (AvgIpc) is 2.06. The van der Waals surface area contributed by atoms with Gasteiger partial charge in [0.05, 0.1) is 5.97 Å². The number of hydrogen-bond donors (Lipinski definition) is 0. The van der Waals surface area contributed by atoms with E-state index in [1.807, 2.05) is 19.6 Å². The van der Waals surface area contributed by atoms with Crippen molar-refractivity contribution in [3.8, 4) is 23.9 Å². The van der Waals surface area contributed by atoms with Crippen molar-refractivity contribution in [1.29, 1.82) is 15.8 Å². The molecule has 0 saturated carbocycles. The van der Waals surface area contributed by atoms with Crippen molar-refractivity contribution in [1.82, 2.24) is 0 Å². The molecule has 0 atom stereocenters. The molecular weight excluding hydrogens is 179 g/mol. The first kappa shape index (κ1) is 11.2. The lowest BCUT2D eigenvalue weighted by molar-refractivity contribution is 1.51. The van der Waals surface area contributed by atoms with Gasteiger partial charge >= 0.3 is 14.4 Å². The highest BCUT2D eigenvalue weighted by Gasteiger charge is 2.32. The molecule has 0 aromatic rings. The highest BCUT2D eigenvalue weighted by Crippen LogP contribution is 2.04. The zero-order valence-electron chi connectivity index (χ0n) is 7.87. The van der Waals surface area contributed by atoms with Gasteiger partial charge < -0.3 is 0 Å². The molecule has 0 amide bonds. The molecule has 0 aliphatic carbocycles. The van der Waals surface area contributed by atoms with E-state index in [1.54, 1.807) is 17.9 Å². The normalized spacial score (nSPS) is 9.85. The van der Waals surface area contributed by atoms with Gasteiger partial charge in [-0.15, -0.1) is 0 Å². The molecule has 0 aromatic heterocycles. The third-order valence-corrected chi connectivity index (χ3v) is 1.97. The third-order valence-electron chi connectivity index (χ3n) is 1.17. The molecule has 6 heteroatoms. The Bertz CT molecular complexity index is 342. The minimum absolute atomic E-state index is 1.65. The van der Waals surface area contributed by atoms with E-state index in [4.69, 9.17) is 15.8 Å². The fourth-order valence-electron chi connectivity index (χ4n) is 0.464. The Morgan fingerprint density at radius 2 is 1.38 bits per heavy atom. The average molecular weight is 188 g/mol. The van der Waals surface area contributed by atoms with E-state index in [0.29, 0.717) is 0 Å². The summed E-state index contributed by atoms with van der Waals surface area (Å²) in [5.41, 5.74) is 0. The van der Waals surface area contributed by atoms with E-state index in [1.165, 1.54) is 0 Å². The van der Waals surface area contributed by atoms with E-state index in [9.17, 15) is 0 Å². The van der Waals surface area contributed by atoms with Crippen molar-refractivity contribution < 1.29 is 0 Å². The summed E-state index contributed by atoms with van der Waals surface area (Å²) in [4.78, 5) is 0. The standard InChI is InChI=1S/C7H9BN4Si/c1-13(2,3)12-7-8(4-9,5-10)6-11/h1-3H3. The van der Waals surface area contributed by atoms with E-state index in [2.05, 4.69) is 10.5 Å². The van der Waals surface area contributed by atoms with E-state index in [0.717, 1.165) is 0 Å². The number of nitriles is 3. The predicted molar refractivity (Wildman–Crippen MR) is 53.2 cm³/mol. The molecule has 0 aliphatic rings. The third kappa shape index (κ3) is 3.43. The second-order valence-electron chi connectivity index (χ2n) is 3.67. The molecule has 0 fully saturated rings. The molecule has 0 heterocycles. The second-order valence-corrected chi connectivity index (χ2v) is 8.23. The second kappa shape index (κ2) is 3.77. The van der Waals surface area contributed by atoms with Gasteiger partial charge in [-0.2, -0.15) is 0 Å². The lowest BCUT2D eigenvalue weighted by atomic mass is 9.30. The highest BCUT2D eigenvalue weighted by atomic mass is 28.3. The summed E-state index contributed by atoms with van der Waals surface area (Å²) in [7, 11) is -1.74. The van der Waals surface area contributed by atoms with Crippen LogP contribution in [0.4, 0.5) is 0 Å². The van der Waals surface area contributed by atoms with Gasteiger partial charge in [-0.25, -0.2) is 20.3 Å². The van der Waals surface area contributed by atoms with Crippen molar-refractivity contribution in [2.24, 2.45) is 0 Å². The fraction of sp³-hybridized carbons (Fsp3) is 0.429. The zero-order valence-corrected chi connectivity index (χ0v) is 8.87. The maximum Gasteiger partial charge on any atom is 0.492 e. The van der Waals surface area contributed by atoms with Crippen LogP contribution in [-0.2, 0) is 0 Å².